The monoisotopic (exact) mass is 158 g/mol. The molecule has 1 heterocycles. The normalized spacial score (nSPS) is 14.2. The van der Waals surface area contributed by atoms with E-state index in [9.17, 15) is 0 Å². The molecule has 0 saturated heterocycles. The van der Waals surface area contributed by atoms with E-state index >= 15 is 0 Å². The van der Waals surface area contributed by atoms with Crippen LogP contribution in [0.4, 0.5) is 0 Å². The Kier molecular flexibility index (Phi) is 1.67. The Balaban J connectivity index is 2.58. The van der Waals surface area contributed by atoms with Crippen LogP contribution in [0.15, 0.2) is 35.1 Å². The van der Waals surface area contributed by atoms with Crippen LogP contribution in [0.1, 0.15) is 18.1 Å². The number of benzene rings is 1. The zero-order valence-corrected chi connectivity index (χ0v) is 6.91. The second-order valence-corrected chi connectivity index (χ2v) is 2.83. The van der Waals surface area contributed by atoms with E-state index in [1.807, 2.05) is 25.3 Å². The number of fused-ring (bicyclic) bond motifs is 1. The highest BCUT2D eigenvalue weighted by atomic mass is 15.3. The highest BCUT2D eigenvalue weighted by molar-refractivity contribution is 5.86. The van der Waals surface area contributed by atoms with Crippen molar-refractivity contribution in [1.82, 2.24) is 5.43 Å². The van der Waals surface area contributed by atoms with Crippen molar-refractivity contribution >= 4 is 12.3 Å². The highest BCUT2D eigenvalue weighted by Gasteiger charge is 1.99. The number of rotatable bonds is 0. The van der Waals surface area contributed by atoms with E-state index in [1.165, 1.54) is 5.56 Å². The maximum Gasteiger partial charge on any atom is 0.0550 e. The summed E-state index contributed by atoms with van der Waals surface area (Å²) in [5.74, 6) is 0. The molecule has 1 aromatic rings. The van der Waals surface area contributed by atoms with E-state index in [4.69, 9.17) is 0 Å². The summed E-state index contributed by atoms with van der Waals surface area (Å²) in [6, 6.07) is 8.18. The van der Waals surface area contributed by atoms with Crippen LogP contribution >= 0.6 is 0 Å². The molecule has 1 aromatic carbocycles. The predicted molar refractivity (Wildman–Crippen MR) is 50.8 cm³/mol. The molecule has 0 bridgehead atoms. The molecule has 0 amide bonds. The van der Waals surface area contributed by atoms with Gasteiger partial charge in [-0.1, -0.05) is 24.3 Å². The first kappa shape index (κ1) is 7.10. The number of nitrogens with one attached hydrogen (secondary N) is 1. The molecule has 2 heteroatoms. The van der Waals surface area contributed by atoms with Gasteiger partial charge in [-0.15, -0.1) is 0 Å². The number of allylic oxidation sites excluding steroid dienone is 1. The first-order valence-electron chi connectivity index (χ1n) is 3.93. The summed E-state index contributed by atoms with van der Waals surface area (Å²) < 4.78 is 0. The van der Waals surface area contributed by atoms with Crippen LogP contribution in [-0.4, -0.2) is 6.21 Å². The van der Waals surface area contributed by atoms with Gasteiger partial charge in [-0.05, 0) is 18.6 Å². The fourth-order valence-electron chi connectivity index (χ4n) is 1.23. The maximum atomic E-state index is 4.05. The molecule has 0 radical (unpaired) electrons. The van der Waals surface area contributed by atoms with Gasteiger partial charge in [0.25, 0.3) is 0 Å². The Bertz CT molecular complexity index is 351. The third-order valence-electron chi connectivity index (χ3n) is 1.81. The second kappa shape index (κ2) is 2.81. The van der Waals surface area contributed by atoms with E-state index in [0.717, 1.165) is 11.3 Å². The van der Waals surface area contributed by atoms with Gasteiger partial charge in [0, 0.05) is 11.3 Å². The average molecular weight is 158 g/mol. The molecule has 0 fully saturated rings. The van der Waals surface area contributed by atoms with Crippen LogP contribution in [0.3, 0.4) is 0 Å². The van der Waals surface area contributed by atoms with Gasteiger partial charge in [-0.2, -0.15) is 5.10 Å². The first-order valence-corrected chi connectivity index (χ1v) is 3.93. The molecule has 60 valence electrons. The molecule has 0 saturated carbocycles. The van der Waals surface area contributed by atoms with Crippen molar-refractivity contribution in [3.63, 3.8) is 0 Å². The quantitative estimate of drug-likeness (QED) is 0.613. The van der Waals surface area contributed by atoms with Gasteiger partial charge in [0.15, 0.2) is 0 Å². The smallest absolute Gasteiger partial charge is 0.0550 e. The third kappa shape index (κ3) is 1.23. The van der Waals surface area contributed by atoms with Crippen molar-refractivity contribution in [1.29, 1.82) is 0 Å². The highest BCUT2D eigenvalue weighted by Crippen LogP contribution is 2.12. The van der Waals surface area contributed by atoms with Gasteiger partial charge < -0.3 is 0 Å². The largest absolute Gasteiger partial charge is 0.283 e. The lowest BCUT2D eigenvalue weighted by Crippen LogP contribution is -1.98. The Morgan fingerprint density at radius 3 is 2.75 bits per heavy atom. The lowest BCUT2D eigenvalue weighted by atomic mass is 10.1. The standard InChI is InChI=1S/C10H10N2/c1-8-6-9-4-2-3-5-10(9)7-11-12-8/h2-7,12H,1H3. The van der Waals surface area contributed by atoms with Gasteiger partial charge in [-0.3, -0.25) is 5.43 Å². The zero-order valence-electron chi connectivity index (χ0n) is 6.91. The summed E-state index contributed by atoms with van der Waals surface area (Å²) in [6.07, 6.45) is 3.92. The molecule has 0 aliphatic carbocycles. The third-order valence-corrected chi connectivity index (χ3v) is 1.81. The zero-order chi connectivity index (χ0) is 8.39. The molecule has 0 aromatic heterocycles. The van der Waals surface area contributed by atoms with Crippen LogP contribution in [-0.2, 0) is 0 Å². The summed E-state index contributed by atoms with van der Waals surface area (Å²) in [5.41, 5.74) is 6.35. The Morgan fingerprint density at radius 2 is 1.92 bits per heavy atom. The Labute approximate surface area is 71.6 Å². The minimum Gasteiger partial charge on any atom is -0.283 e. The first-order chi connectivity index (χ1) is 5.86. The van der Waals surface area contributed by atoms with Crippen LogP contribution in [0.2, 0.25) is 0 Å². The summed E-state index contributed by atoms with van der Waals surface area (Å²) in [6.45, 7) is 2.00. The van der Waals surface area contributed by atoms with Gasteiger partial charge in [0.05, 0.1) is 6.21 Å². The lowest BCUT2D eigenvalue weighted by molar-refractivity contribution is 0.905. The van der Waals surface area contributed by atoms with E-state index in [2.05, 4.69) is 28.7 Å². The summed E-state index contributed by atoms with van der Waals surface area (Å²) in [5, 5.41) is 4.05. The van der Waals surface area contributed by atoms with Crippen LogP contribution in [0.25, 0.3) is 6.08 Å². The maximum absolute atomic E-state index is 4.05. The van der Waals surface area contributed by atoms with E-state index in [1.54, 1.807) is 0 Å². The van der Waals surface area contributed by atoms with Crippen molar-refractivity contribution in [3.8, 4) is 0 Å². The van der Waals surface area contributed by atoms with Crippen molar-refractivity contribution < 1.29 is 0 Å². The van der Waals surface area contributed by atoms with E-state index < -0.39 is 0 Å². The minimum atomic E-state index is 1.07. The second-order valence-electron chi connectivity index (χ2n) is 2.83. The molecule has 0 unspecified atom stereocenters. The molecule has 2 nitrogen and oxygen atoms in total. The lowest BCUT2D eigenvalue weighted by Gasteiger charge is -1.96. The number of hydrogen-bond acceptors (Lipinski definition) is 2. The number of hydrazone groups is 1. The SMILES string of the molecule is CC1=Cc2ccccc2C=NN1. The topological polar surface area (TPSA) is 24.4 Å². The van der Waals surface area contributed by atoms with Crippen molar-refractivity contribution in [2.45, 2.75) is 6.92 Å². The fraction of sp³-hybridized carbons (Fsp3) is 0.100. The molecule has 1 aliphatic heterocycles. The molecule has 0 spiro atoms. The average Bonchev–Trinajstić information content (AvgIpc) is 2.25. The van der Waals surface area contributed by atoms with E-state index in [-0.39, 0.29) is 0 Å². The molecule has 1 aliphatic rings. The van der Waals surface area contributed by atoms with Crippen molar-refractivity contribution in [2.24, 2.45) is 5.10 Å². The van der Waals surface area contributed by atoms with E-state index in [0.29, 0.717) is 0 Å². The molecular weight excluding hydrogens is 148 g/mol. The van der Waals surface area contributed by atoms with Gasteiger partial charge in [0.2, 0.25) is 0 Å². The Morgan fingerprint density at radius 1 is 1.17 bits per heavy atom. The predicted octanol–water partition coefficient (Wildman–Crippen LogP) is 1.98. The molecular formula is C10H10N2. The summed E-state index contributed by atoms with van der Waals surface area (Å²) >= 11 is 0. The van der Waals surface area contributed by atoms with Gasteiger partial charge in [0.1, 0.15) is 0 Å². The molecule has 0 atom stereocenters. The van der Waals surface area contributed by atoms with Crippen LogP contribution in [0, 0.1) is 0 Å². The fourth-order valence-corrected chi connectivity index (χ4v) is 1.23. The number of nitrogens with zero attached hydrogens (tertiary/aromatic N) is 1. The van der Waals surface area contributed by atoms with Gasteiger partial charge >= 0.3 is 0 Å². The van der Waals surface area contributed by atoms with Crippen molar-refractivity contribution in [2.75, 3.05) is 0 Å². The van der Waals surface area contributed by atoms with Crippen LogP contribution in [0.5, 0.6) is 0 Å². The van der Waals surface area contributed by atoms with Crippen LogP contribution < -0.4 is 5.43 Å². The minimum absolute atomic E-state index is 1.07. The molecule has 2 rings (SSSR count). The molecule has 12 heavy (non-hydrogen) atoms. The summed E-state index contributed by atoms with van der Waals surface area (Å²) in [7, 11) is 0. The Hall–Kier alpha value is -1.57. The molecule has 1 N–H and O–H groups in total. The number of hydrogen-bond donors (Lipinski definition) is 1. The van der Waals surface area contributed by atoms with Crippen molar-refractivity contribution in [3.05, 3.63) is 41.1 Å². The summed E-state index contributed by atoms with van der Waals surface area (Å²) in [4.78, 5) is 0. The van der Waals surface area contributed by atoms with Gasteiger partial charge in [-0.25, -0.2) is 0 Å².